The normalized spacial score (nSPS) is 17.0. The van der Waals surface area contributed by atoms with Crippen molar-refractivity contribution in [1.82, 2.24) is 10.4 Å². The zero-order valence-electron chi connectivity index (χ0n) is 14.7. The summed E-state index contributed by atoms with van der Waals surface area (Å²) in [6.45, 7) is 9.25. The van der Waals surface area contributed by atoms with Crippen molar-refractivity contribution in [2.45, 2.75) is 38.0 Å². The first-order valence-electron chi connectivity index (χ1n) is 8.53. The van der Waals surface area contributed by atoms with Crippen LogP contribution in [0.25, 0.3) is 0 Å². The third kappa shape index (κ3) is 6.00. The lowest BCUT2D eigenvalue weighted by Crippen LogP contribution is -2.48. The molecule has 2 N–H and O–H groups in total. The molecule has 134 valence electrons. The van der Waals surface area contributed by atoms with Gasteiger partial charge in [0.25, 0.3) is 0 Å². The van der Waals surface area contributed by atoms with Gasteiger partial charge in [-0.2, -0.15) is 0 Å². The van der Waals surface area contributed by atoms with E-state index in [1.165, 1.54) is 11.8 Å². The summed E-state index contributed by atoms with van der Waals surface area (Å²) in [5.74, 6) is 1.55. The van der Waals surface area contributed by atoms with Crippen LogP contribution in [0, 0.1) is 5.92 Å². The molecule has 1 aliphatic rings. The molecule has 1 amide bonds. The number of hydrazine groups is 1. The predicted molar refractivity (Wildman–Crippen MR) is 97.2 cm³/mol. The lowest BCUT2D eigenvalue weighted by atomic mass is 9.91. The number of phenols is 1. The number of phenolic OH excluding ortho intramolecular Hbond substituents is 1. The zero-order valence-corrected chi connectivity index (χ0v) is 15.6. The number of morpholine rings is 1. The fraction of sp³-hybridized carbons (Fsp3) is 0.611. The van der Waals surface area contributed by atoms with E-state index in [1.807, 2.05) is 17.1 Å². The van der Waals surface area contributed by atoms with Crippen molar-refractivity contribution in [3.8, 4) is 5.75 Å². The third-order valence-electron chi connectivity index (χ3n) is 4.02. The molecule has 2 rings (SSSR count). The molecule has 0 spiro atoms. The molecule has 0 aliphatic carbocycles. The van der Waals surface area contributed by atoms with E-state index < -0.39 is 0 Å². The number of thioether (sulfide) groups is 1. The summed E-state index contributed by atoms with van der Waals surface area (Å²) in [7, 11) is 0. The summed E-state index contributed by atoms with van der Waals surface area (Å²) in [4.78, 5) is 12.9. The highest BCUT2D eigenvalue weighted by Crippen LogP contribution is 2.33. The molecular weight excluding hydrogens is 324 g/mol. The molecule has 1 unspecified atom stereocenters. The molecule has 1 heterocycles. The van der Waals surface area contributed by atoms with Crippen LogP contribution in [0.2, 0.25) is 0 Å². The van der Waals surface area contributed by atoms with Gasteiger partial charge in [-0.3, -0.25) is 10.2 Å². The minimum Gasteiger partial charge on any atom is -0.508 e. The van der Waals surface area contributed by atoms with Gasteiger partial charge in [0.1, 0.15) is 5.75 Å². The number of nitrogens with zero attached hydrogens (tertiary/aromatic N) is 1. The maximum absolute atomic E-state index is 12.0. The highest BCUT2D eigenvalue weighted by Gasteiger charge is 2.15. The standard InChI is InChI=1S/C18H28N2O3S/c1-13(2)10-14(3)16-5-4-15(11-17(16)21)24-12-18(22)19-20-6-8-23-9-7-20/h4-5,11,13-14,21H,6-10,12H2,1-3H3,(H,19,22). The maximum atomic E-state index is 12.0. The number of hydrogen-bond acceptors (Lipinski definition) is 5. The second kappa shape index (κ2) is 9.30. The van der Waals surface area contributed by atoms with Crippen LogP contribution >= 0.6 is 11.8 Å². The molecule has 6 heteroatoms. The van der Waals surface area contributed by atoms with Crippen LogP contribution in [0.1, 0.15) is 38.7 Å². The first kappa shape index (κ1) is 19.1. The van der Waals surface area contributed by atoms with E-state index in [2.05, 4.69) is 26.2 Å². The lowest BCUT2D eigenvalue weighted by Gasteiger charge is -2.26. The molecule has 5 nitrogen and oxygen atoms in total. The van der Waals surface area contributed by atoms with Gasteiger partial charge in [-0.05, 0) is 36.0 Å². The van der Waals surface area contributed by atoms with E-state index in [1.54, 1.807) is 6.07 Å². The van der Waals surface area contributed by atoms with Crippen molar-refractivity contribution < 1.29 is 14.6 Å². The number of carbonyl (C=O) groups excluding carboxylic acids is 1. The van der Waals surface area contributed by atoms with Gasteiger partial charge in [-0.15, -0.1) is 11.8 Å². The summed E-state index contributed by atoms with van der Waals surface area (Å²) in [6, 6.07) is 5.72. The molecule has 0 aromatic heterocycles. The number of amides is 1. The first-order valence-corrected chi connectivity index (χ1v) is 9.52. The molecule has 1 aliphatic heterocycles. The Labute approximate surface area is 148 Å². The van der Waals surface area contributed by atoms with Crippen LogP contribution in [0.5, 0.6) is 5.75 Å². The fourth-order valence-corrected chi connectivity index (χ4v) is 3.62. The second-order valence-electron chi connectivity index (χ2n) is 6.67. The van der Waals surface area contributed by atoms with Crippen LogP contribution in [-0.2, 0) is 9.53 Å². The first-order chi connectivity index (χ1) is 11.5. The summed E-state index contributed by atoms with van der Waals surface area (Å²) < 4.78 is 5.25. The minimum atomic E-state index is -0.0290. The van der Waals surface area contributed by atoms with E-state index in [9.17, 15) is 9.90 Å². The summed E-state index contributed by atoms with van der Waals surface area (Å²) in [5, 5.41) is 12.2. The monoisotopic (exact) mass is 352 g/mol. The Bertz CT molecular complexity index is 545. The quantitative estimate of drug-likeness (QED) is 0.739. The van der Waals surface area contributed by atoms with Gasteiger partial charge < -0.3 is 9.84 Å². The van der Waals surface area contributed by atoms with Crippen molar-refractivity contribution in [3.05, 3.63) is 23.8 Å². The summed E-state index contributed by atoms with van der Waals surface area (Å²) in [5.41, 5.74) is 3.86. The van der Waals surface area contributed by atoms with E-state index in [0.29, 0.717) is 36.6 Å². The average molecular weight is 353 g/mol. The van der Waals surface area contributed by atoms with Crippen LogP contribution in [-0.4, -0.2) is 48.1 Å². The van der Waals surface area contributed by atoms with Crippen LogP contribution in [0.3, 0.4) is 0 Å². The molecular formula is C18H28N2O3S. The van der Waals surface area contributed by atoms with Gasteiger partial charge in [-0.1, -0.05) is 26.8 Å². The van der Waals surface area contributed by atoms with Crippen LogP contribution in [0.4, 0.5) is 0 Å². The van der Waals surface area contributed by atoms with Crippen molar-refractivity contribution >= 4 is 17.7 Å². The predicted octanol–water partition coefficient (Wildman–Crippen LogP) is 3.00. The van der Waals surface area contributed by atoms with Crippen molar-refractivity contribution in [2.24, 2.45) is 5.92 Å². The SMILES string of the molecule is CC(C)CC(C)c1ccc(SCC(=O)NN2CCOCC2)cc1O. The van der Waals surface area contributed by atoms with Gasteiger partial charge in [0.05, 0.1) is 19.0 Å². The Balaban J connectivity index is 1.84. The van der Waals surface area contributed by atoms with E-state index in [4.69, 9.17) is 4.74 Å². The highest BCUT2D eigenvalue weighted by molar-refractivity contribution is 8.00. The number of benzene rings is 1. The number of ether oxygens (including phenoxy) is 1. The molecule has 1 fully saturated rings. The largest absolute Gasteiger partial charge is 0.508 e. The molecule has 0 radical (unpaired) electrons. The smallest absolute Gasteiger partial charge is 0.244 e. The molecule has 1 aromatic carbocycles. The number of nitrogens with one attached hydrogen (secondary N) is 1. The number of hydrogen-bond donors (Lipinski definition) is 2. The van der Waals surface area contributed by atoms with E-state index >= 15 is 0 Å². The highest BCUT2D eigenvalue weighted by atomic mass is 32.2. The zero-order chi connectivity index (χ0) is 17.5. The van der Waals surface area contributed by atoms with Gasteiger partial charge in [0.2, 0.25) is 5.91 Å². The molecule has 1 aromatic rings. The van der Waals surface area contributed by atoms with E-state index in [0.717, 1.165) is 30.0 Å². The Morgan fingerprint density at radius 2 is 2.04 bits per heavy atom. The summed E-state index contributed by atoms with van der Waals surface area (Å²) >= 11 is 1.44. The Kier molecular flexibility index (Phi) is 7.40. The van der Waals surface area contributed by atoms with E-state index in [-0.39, 0.29) is 5.91 Å². The Hall–Kier alpha value is -1.24. The van der Waals surface area contributed by atoms with Gasteiger partial charge in [0.15, 0.2) is 0 Å². The average Bonchev–Trinajstić information content (AvgIpc) is 2.53. The van der Waals surface area contributed by atoms with Crippen molar-refractivity contribution in [3.63, 3.8) is 0 Å². The fourth-order valence-electron chi connectivity index (χ4n) is 2.90. The second-order valence-corrected chi connectivity index (χ2v) is 7.72. The lowest BCUT2D eigenvalue weighted by molar-refractivity contribution is -0.125. The number of aromatic hydroxyl groups is 1. The third-order valence-corrected chi connectivity index (χ3v) is 5.02. The Morgan fingerprint density at radius 1 is 1.33 bits per heavy atom. The van der Waals surface area contributed by atoms with Crippen LogP contribution < -0.4 is 5.43 Å². The minimum absolute atomic E-state index is 0.0290. The van der Waals surface area contributed by atoms with Gasteiger partial charge in [-0.25, -0.2) is 5.01 Å². The maximum Gasteiger partial charge on any atom is 0.244 e. The molecule has 0 saturated carbocycles. The molecule has 1 saturated heterocycles. The van der Waals surface area contributed by atoms with Crippen LogP contribution in [0.15, 0.2) is 23.1 Å². The summed E-state index contributed by atoms with van der Waals surface area (Å²) in [6.07, 6.45) is 1.04. The molecule has 0 bridgehead atoms. The van der Waals surface area contributed by atoms with Crippen molar-refractivity contribution in [2.75, 3.05) is 32.1 Å². The number of carbonyl (C=O) groups is 1. The topological polar surface area (TPSA) is 61.8 Å². The Morgan fingerprint density at radius 3 is 2.67 bits per heavy atom. The van der Waals surface area contributed by atoms with Gasteiger partial charge in [0, 0.05) is 18.0 Å². The molecule has 24 heavy (non-hydrogen) atoms. The number of rotatable bonds is 7. The van der Waals surface area contributed by atoms with Crippen molar-refractivity contribution in [1.29, 1.82) is 0 Å². The molecule has 1 atom stereocenters. The van der Waals surface area contributed by atoms with Gasteiger partial charge >= 0.3 is 0 Å².